The fourth-order valence-corrected chi connectivity index (χ4v) is 1.21. The Labute approximate surface area is 87.5 Å². The van der Waals surface area contributed by atoms with Gasteiger partial charge >= 0.3 is 5.97 Å². The summed E-state index contributed by atoms with van der Waals surface area (Å²) >= 11 is 0. The predicted octanol–water partition coefficient (Wildman–Crippen LogP) is -0.300. The Morgan fingerprint density at radius 2 is 2.47 bits per heavy atom. The van der Waals surface area contributed by atoms with Crippen molar-refractivity contribution in [3.63, 3.8) is 0 Å². The summed E-state index contributed by atoms with van der Waals surface area (Å²) in [5.41, 5.74) is 0.711. The minimum Gasteiger partial charge on any atom is -0.461 e. The van der Waals surface area contributed by atoms with Gasteiger partial charge in [-0.05, 0) is 18.6 Å². The van der Waals surface area contributed by atoms with Crippen molar-refractivity contribution in [2.45, 2.75) is 6.92 Å². The van der Waals surface area contributed by atoms with Crippen LogP contribution in [0.5, 0.6) is 0 Å². The summed E-state index contributed by atoms with van der Waals surface area (Å²) < 4.78 is 6.40. The van der Waals surface area contributed by atoms with Crippen LogP contribution < -0.4 is 5.59 Å². The number of hydrogen-bond donors (Lipinski definition) is 0. The van der Waals surface area contributed by atoms with Crippen LogP contribution in [0, 0.1) is 0 Å². The van der Waals surface area contributed by atoms with Crippen LogP contribution in [0.25, 0.3) is 5.78 Å². The molecule has 6 heteroatoms. The summed E-state index contributed by atoms with van der Waals surface area (Å²) in [4.78, 5) is 19.3. The molecule has 0 bridgehead atoms. The smallest absolute Gasteiger partial charge is 0.357 e. The first-order valence-corrected chi connectivity index (χ1v) is 4.49. The van der Waals surface area contributed by atoms with Gasteiger partial charge in [-0.15, -0.1) is 0 Å². The third kappa shape index (κ3) is 1.70. The highest BCUT2D eigenvalue weighted by atomic mass is 16.5. The molecular weight excluding hydrogens is 193 g/mol. The number of hydrogen-bond acceptors (Lipinski definition) is 4. The maximum absolute atomic E-state index is 11.3. The Morgan fingerprint density at radius 3 is 3.20 bits per heavy atom. The first kappa shape index (κ1) is 9.70. The largest absolute Gasteiger partial charge is 0.461 e. The molecule has 0 atom stereocenters. The van der Waals surface area contributed by atoms with E-state index in [1.165, 1.54) is 6.20 Å². The number of imidazole rings is 1. The van der Waals surface area contributed by atoms with Gasteiger partial charge in [0.25, 0.3) is 0 Å². The standard InChI is InChI=1S/C9H8BN3O2/c1-2-15-8(14)6-3-4-13-7(10)5-11-9(13)12-6/h3-5H,2H2,1H3. The summed E-state index contributed by atoms with van der Waals surface area (Å²) in [5.74, 6) is -0.0698. The second-order valence-electron chi connectivity index (χ2n) is 2.89. The molecule has 0 aliphatic carbocycles. The third-order valence-electron chi connectivity index (χ3n) is 1.89. The molecule has 2 aromatic heterocycles. The quantitative estimate of drug-likeness (QED) is 0.494. The fourth-order valence-electron chi connectivity index (χ4n) is 1.21. The number of rotatable bonds is 2. The van der Waals surface area contributed by atoms with Gasteiger partial charge in [0, 0.05) is 12.4 Å². The maximum atomic E-state index is 11.3. The SMILES string of the molecule is [B]c1cnc2nc(C(=O)OCC)ccn12. The van der Waals surface area contributed by atoms with Crippen LogP contribution >= 0.6 is 0 Å². The number of fused-ring (bicyclic) bond motifs is 1. The Hall–Kier alpha value is -1.85. The molecule has 0 aliphatic rings. The highest BCUT2D eigenvalue weighted by molar-refractivity contribution is 6.31. The number of ether oxygens (including phenoxy) is 1. The van der Waals surface area contributed by atoms with Gasteiger partial charge in [0.2, 0.25) is 5.78 Å². The van der Waals surface area contributed by atoms with Crippen LogP contribution in [-0.2, 0) is 4.74 Å². The first-order chi connectivity index (χ1) is 7.22. The van der Waals surface area contributed by atoms with Crippen molar-refractivity contribution in [2.75, 3.05) is 6.61 Å². The van der Waals surface area contributed by atoms with E-state index in [0.717, 1.165) is 0 Å². The van der Waals surface area contributed by atoms with E-state index < -0.39 is 5.97 Å². The molecule has 0 N–H and O–H groups in total. The fraction of sp³-hybridized carbons (Fsp3) is 0.222. The van der Waals surface area contributed by atoms with Crippen molar-refractivity contribution in [3.8, 4) is 0 Å². The van der Waals surface area contributed by atoms with Gasteiger partial charge in [-0.25, -0.2) is 14.8 Å². The summed E-state index contributed by atoms with van der Waals surface area (Å²) in [6, 6.07) is 1.54. The summed E-state index contributed by atoms with van der Waals surface area (Å²) in [5, 5.41) is 0. The lowest BCUT2D eigenvalue weighted by Gasteiger charge is -2.01. The van der Waals surface area contributed by atoms with E-state index in [4.69, 9.17) is 12.6 Å². The molecule has 0 saturated carbocycles. The van der Waals surface area contributed by atoms with E-state index in [9.17, 15) is 4.79 Å². The van der Waals surface area contributed by atoms with Crippen LogP contribution in [0.1, 0.15) is 17.4 Å². The van der Waals surface area contributed by atoms with Gasteiger partial charge in [-0.3, -0.25) is 4.40 Å². The zero-order chi connectivity index (χ0) is 10.8. The Morgan fingerprint density at radius 1 is 1.67 bits per heavy atom. The normalized spacial score (nSPS) is 10.5. The average Bonchev–Trinajstić information content (AvgIpc) is 2.60. The van der Waals surface area contributed by atoms with Gasteiger partial charge in [-0.2, -0.15) is 0 Å². The molecule has 0 fully saturated rings. The number of esters is 1. The Balaban J connectivity index is 2.43. The van der Waals surface area contributed by atoms with Gasteiger partial charge in [0.1, 0.15) is 7.85 Å². The Kier molecular flexibility index (Phi) is 2.41. The lowest BCUT2D eigenvalue weighted by Crippen LogP contribution is -2.12. The molecule has 0 unspecified atom stereocenters. The second kappa shape index (κ2) is 3.72. The zero-order valence-electron chi connectivity index (χ0n) is 8.17. The van der Waals surface area contributed by atoms with Crippen LogP contribution in [-0.4, -0.2) is 34.8 Å². The molecule has 0 amide bonds. The van der Waals surface area contributed by atoms with Gasteiger partial charge in [-0.1, -0.05) is 0 Å². The molecule has 5 nitrogen and oxygen atoms in total. The molecule has 0 spiro atoms. The van der Waals surface area contributed by atoms with Crippen LogP contribution in [0.2, 0.25) is 0 Å². The van der Waals surface area contributed by atoms with Crippen molar-refractivity contribution in [3.05, 3.63) is 24.2 Å². The summed E-state index contributed by atoms with van der Waals surface area (Å²) in [6.45, 7) is 2.06. The molecule has 0 aliphatic heterocycles. The van der Waals surface area contributed by atoms with E-state index >= 15 is 0 Å². The topological polar surface area (TPSA) is 56.5 Å². The maximum Gasteiger partial charge on any atom is 0.357 e. The van der Waals surface area contributed by atoms with Crippen molar-refractivity contribution >= 4 is 25.2 Å². The average molecular weight is 201 g/mol. The van der Waals surface area contributed by atoms with Crippen LogP contribution in [0.4, 0.5) is 0 Å². The van der Waals surface area contributed by atoms with E-state index in [1.807, 2.05) is 0 Å². The van der Waals surface area contributed by atoms with Crippen molar-refractivity contribution in [1.29, 1.82) is 0 Å². The van der Waals surface area contributed by atoms with Crippen LogP contribution in [0.15, 0.2) is 18.5 Å². The van der Waals surface area contributed by atoms with Crippen LogP contribution in [0.3, 0.4) is 0 Å². The number of carbonyl (C=O) groups excluding carboxylic acids is 1. The minimum absolute atomic E-state index is 0.231. The highest BCUT2D eigenvalue weighted by Gasteiger charge is 2.09. The van der Waals surface area contributed by atoms with Crippen molar-refractivity contribution < 1.29 is 9.53 Å². The van der Waals surface area contributed by atoms with Gasteiger partial charge in [0.15, 0.2) is 5.69 Å². The molecule has 15 heavy (non-hydrogen) atoms. The van der Waals surface area contributed by atoms with E-state index in [2.05, 4.69) is 9.97 Å². The van der Waals surface area contributed by atoms with Gasteiger partial charge < -0.3 is 4.74 Å². The molecule has 0 saturated heterocycles. The minimum atomic E-state index is -0.457. The monoisotopic (exact) mass is 201 g/mol. The lowest BCUT2D eigenvalue weighted by atomic mass is 10.1. The molecule has 2 aromatic rings. The number of nitrogens with zero attached hydrogens (tertiary/aromatic N) is 3. The van der Waals surface area contributed by atoms with E-state index in [1.54, 1.807) is 23.6 Å². The van der Waals surface area contributed by atoms with Crippen molar-refractivity contribution in [2.24, 2.45) is 0 Å². The third-order valence-corrected chi connectivity index (χ3v) is 1.89. The molecular formula is C9H8BN3O2. The zero-order valence-corrected chi connectivity index (χ0v) is 8.17. The molecule has 2 radical (unpaired) electrons. The lowest BCUT2D eigenvalue weighted by molar-refractivity contribution is 0.0519. The van der Waals surface area contributed by atoms with Gasteiger partial charge in [0.05, 0.1) is 6.61 Å². The highest BCUT2D eigenvalue weighted by Crippen LogP contribution is 2.00. The van der Waals surface area contributed by atoms with E-state index in [-0.39, 0.29) is 5.69 Å². The first-order valence-electron chi connectivity index (χ1n) is 4.49. The number of carbonyl (C=O) groups is 1. The number of aromatic nitrogens is 3. The summed E-state index contributed by atoms with van der Waals surface area (Å²) in [7, 11) is 5.61. The van der Waals surface area contributed by atoms with E-state index in [0.29, 0.717) is 18.0 Å². The molecule has 2 heterocycles. The van der Waals surface area contributed by atoms with Crippen molar-refractivity contribution in [1.82, 2.24) is 14.4 Å². The Bertz CT molecular complexity index is 509. The summed E-state index contributed by atoms with van der Waals surface area (Å²) in [6.07, 6.45) is 3.12. The second-order valence-corrected chi connectivity index (χ2v) is 2.89. The molecule has 0 aromatic carbocycles. The molecule has 74 valence electrons. The molecule has 2 rings (SSSR count). The predicted molar refractivity (Wildman–Crippen MR) is 54.3 cm³/mol.